The summed E-state index contributed by atoms with van der Waals surface area (Å²) in [4.78, 5) is 0. The zero-order valence-corrected chi connectivity index (χ0v) is 4.64. The minimum atomic E-state index is 1.31. The fourth-order valence-corrected chi connectivity index (χ4v) is 0.612. The number of hydrogen-bond acceptors (Lipinski definition) is 1. The molecule has 0 radical (unpaired) electrons. The molecule has 0 spiro atoms. The van der Waals surface area contributed by atoms with Gasteiger partial charge in [0.15, 0.2) is 0 Å². The van der Waals surface area contributed by atoms with Crippen LogP contribution >= 0.6 is 9.86 Å². The van der Waals surface area contributed by atoms with Crippen molar-refractivity contribution in [3.8, 4) is 0 Å². The van der Waals surface area contributed by atoms with Crippen LogP contribution in [-0.4, -0.2) is 22.3 Å². The molecular formula is C3H7LiS. The Morgan fingerprint density at radius 2 is 2.40 bits per heavy atom. The monoisotopic (exact) mass is 82.0 g/mol. The van der Waals surface area contributed by atoms with E-state index in [1.54, 1.807) is 0 Å². The molecule has 0 amide bonds. The van der Waals surface area contributed by atoms with E-state index < -0.39 is 0 Å². The zero-order chi connectivity index (χ0) is 4.12. The quantitative estimate of drug-likeness (QED) is 0.451. The minimum absolute atomic E-state index is 1.31. The van der Waals surface area contributed by atoms with Gasteiger partial charge in [0.2, 0.25) is 0 Å². The Morgan fingerprint density at radius 3 is 2.40 bits per heavy atom. The molecule has 2 heteroatoms. The maximum atomic E-state index is 2.19. The molecule has 0 unspecified atom stereocenters. The van der Waals surface area contributed by atoms with Crippen LogP contribution in [0.25, 0.3) is 0 Å². The van der Waals surface area contributed by atoms with Crippen LogP contribution < -0.4 is 0 Å². The van der Waals surface area contributed by atoms with Crippen molar-refractivity contribution in [2.45, 2.75) is 13.3 Å². The van der Waals surface area contributed by atoms with Crippen molar-refractivity contribution in [1.29, 1.82) is 0 Å². The molecule has 0 N–H and O–H groups in total. The summed E-state index contributed by atoms with van der Waals surface area (Å²) in [7, 11) is 1.90. The molecule has 0 aromatic carbocycles. The molecule has 0 bridgehead atoms. The van der Waals surface area contributed by atoms with Crippen LogP contribution in [0.15, 0.2) is 0 Å². The molecule has 0 rings (SSSR count). The van der Waals surface area contributed by atoms with Crippen LogP contribution in [-0.2, 0) is 0 Å². The Labute approximate surface area is 45.8 Å². The molecule has 0 aromatic heterocycles. The van der Waals surface area contributed by atoms with Gasteiger partial charge in [-0.1, -0.05) is 0 Å². The van der Waals surface area contributed by atoms with Crippen molar-refractivity contribution in [3.05, 3.63) is 0 Å². The maximum absolute atomic E-state index is 2.19. The third kappa shape index (κ3) is 4.95. The summed E-state index contributed by atoms with van der Waals surface area (Å²) in [6.45, 7) is 2.19. The molecule has 0 heterocycles. The van der Waals surface area contributed by atoms with Crippen molar-refractivity contribution in [2.24, 2.45) is 0 Å². The van der Waals surface area contributed by atoms with E-state index in [-0.39, 0.29) is 0 Å². The van der Waals surface area contributed by atoms with E-state index in [9.17, 15) is 0 Å². The summed E-state index contributed by atoms with van der Waals surface area (Å²) in [5.74, 6) is 1.31. The van der Waals surface area contributed by atoms with Crippen molar-refractivity contribution in [1.82, 2.24) is 0 Å². The van der Waals surface area contributed by atoms with Crippen LogP contribution in [0.2, 0.25) is 0 Å². The van der Waals surface area contributed by atoms with E-state index in [2.05, 4.69) is 23.4 Å². The second kappa shape index (κ2) is 4.95. The summed E-state index contributed by atoms with van der Waals surface area (Å²) in [6.07, 6.45) is 1.31. The Kier molecular flexibility index (Phi) is 5.88. The van der Waals surface area contributed by atoms with Crippen molar-refractivity contribution < 1.29 is 0 Å². The third-order valence-electron chi connectivity index (χ3n) is 0.408. The summed E-state index contributed by atoms with van der Waals surface area (Å²) in [6, 6.07) is 0. The van der Waals surface area contributed by atoms with E-state index in [0.29, 0.717) is 0 Å². The first-order valence-corrected chi connectivity index (χ1v) is 3.30. The van der Waals surface area contributed by atoms with Gasteiger partial charge in [-0.15, -0.1) is 0 Å². The van der Waals surface area contributed by atoms with Crippen LogP contribution in [0.3, 0.4) is 0 Å². The van der Waals surface area contributed by atoms with Gasteiger partial charge in [0.05, 0.1) is 0 Å². The number of rotatable bonds is 2. The van der Waals surface area contributed by atoms with Gasteiger partial charge < -0.3 is 0 Å². The Balaban J connectivity index is 2.19. The zero-order valence-electron chi connectivity index (χ0n) is 3.82. The standard InChI is InChI=1S/C3H8S.Li/c1-2-3-4;/h4H,2-3H2,1H3;/q;+1/p-1. The fourth-order valence-electron chi connectivity index (χ4n) is 0.204. The first-order chi connectivity index (χ1) is 2.41. The van der Waals surface area contributed by atoms with Gasteiger partial charge in [-0.2, -0.15) is 0 Å². The molecule has 0 aromatic rings. The van der Waals surface area contributed by atoms with Crippen LogP contribution in [0.1, 0.15) is 13.3 Å². The van der Waals surface area contributed by atoms with E-state index in [0.717, 1.165) is 0 Å². The SMILES string of the molecule is [Li][S]CCC. The van der Waals surface area contributed by atoms with E-state index >= 15 is 0 Å². The summed E-state index contributed by atoms with van der Waals surface area (Å²) < 4.78 is 0. The molecule has 0 saturated carbocycles. The summed E-state index contributed by atoms with van der Waals surface area (Å²) >= 11 is 2.13. The van der Waals surface area contributed by atoms with Crippen molar-refractivity contribution in [2.75, 3.05) is 5.75 Å². The van der Waals surface area contributed by atoms with Gasteiger partial charge in [0, 0.05) is 0 Å². The second-order valence-electron chi connectivity index (χ2n) is 0.993. The van der Waals surface area contributed by atoms with Gasteiger partial charge >= 0.3 is 45.5 Å². The average Bonchev–Trinajstić information content (AvgIpc) is 1.41. The first-order valence-electron chi connectivity index (χ1n) is 1.90. The predicted octanol–water partition coefficient (Wildman–Crippen LogP) is 1.21. The normalized spacial score (nSPS) is 8.60. The third-order valence-corrected chi connectivity index (χ3v) is 1.22. The number of hydrogen-bond donors (Lipinski definition) is 0. The molecule has 0 aliphatic carbocycles. The van der Waals surface area contributed by atoms with Crippen molar-refractivity contribution >= 4 is 26.4 Å². The molecule has 0 aliphatic rings. The Morgan fingerprint density at radius 1 is 1.80 bits per heavy atom. The van der Waals surface area contributed by atoms with E-state index in [1.165, 1.54) is 12.2 Å². The first kappa shape index (κ1) is 5.95. The van der Waals surface area contributed by atoms with Gasteiger partial charge in [-0.25, -0.2) is 0 Å². The van der Waals surface area contributed by atoms with E-state index in [1.807, 2.05) is 9.86 Å². The molecule has 0 saturated heterocycles. The molecule has 0 fully saturated rings. The molecule has 5 heavy (non-hydrogen) atoms. The fraction of sp³-hybridized carbons (Fsp3) is 1.00. The van der Waals surface area contributed by atoms with Crippen LogP contribution in [0.4, 0.5) is 0 Å². The summed E-state index contributed by atoms with van der Waals surface area (Å²) in [5.41, 5.74) is 0. The van der Waals surface area contributed by atoms with Gasteiger partial charge in [-0.05, 0) is 0 Å². The predicted molar refractivity (Wildman–Crippen MR) is 28.5 cm³/mol. The molecule has 0 atom stereocenters. The molecular weight excluding hydrogens is 75.0 g/mol. The summed E-state index contributed by atoms with van der Waals surface area (Å²) in [5, 5.41) is 0. The molecule has 0 nitrogen and oxygen atoms in total. The van der Waals surface area contributed by atoms with Crippen molar-refractivity contribution in [3.63, 3.8) is 0 Å². The molecule has 0 aliphatic heterocycles. The van der Waals surface area contributed by atoms with Gasteiger partial charge in [-0.3, -0.25) is 0 Å². The Bertz CT molecular complexity index is 14.4. The van der Waals surface area contributed by atoms with E-state index in [4.69, 9.17) is 0 Å². The van der Waals surface area contributed by atoms with Crippen LogP contribution in [0.5, 0.6) is 0 Å². The topological polar surface area (TPSA) is 0 Å². The average molecular weight is 82.1 g/mol. The Hall–Kier alpha value is 0.947. The molecule has 26 valence electrons. The van der Waals surface area contributed by atoms with Crippen LogP contribution in [0, 0.1) is 0 Å². The second-order valence-corrected chi connectivity index (χ2v) is 1.98. The van der Waals surface area contributed by atoms with Gasteiger partial charge in [0.1, 0.15) is 0 Å². The van der Waals surface area contributed by atoms with Gasteiger partial charge in [0.25, 0.3) is 0 Å².